The molecule has 188 valence electrons. The maximum Gasteiger partial charge on any atom is 0.270 e. The Labute approximate surface area is 239 Å². The number of amides is 2. The van der Waals surface area contributed by atoms with Crippen molar-refractivity contribution in [2.24, 2.45) is 0 Å². The Kier molecular flexibility index (Phi) is 8.57. The molecule has 0 aliphatic carbocycles. The van der Waals surface area contributed by atoms with Gasteiger partial charge in [-0.2, -0.15) is 0 Å². The number of carbonyl (C=O) groups excluding carboxylic acids is 2. The van der Waals surface area contributed by atoms with Crippen molar-refractivity contribution < 1.29 is 14.3 Å². The lowest BCUT2D eigenvalue weighted by Gasteiger charge is -2.29. The predicted molar refractivity (Wildman–Crippen MR) is 154 cm³/mol. The normalized spacial score (nSPS) is 14.6. The van der Waals surface area contributed by atoms with Crippen LogP contribution in [0, 0.1) is 0 Å². The van der Waals surface area contributed by atoms with Crippen LogP contribution in [0.2, 0.25) is 20.1 Å². The van der Waals surface area contributed by atoms with Crippen LogP contribution in [-0.2, 0) is 22.6 Å². The molecule has 0 unspecified atom stereocenters. The molecule has 3 aromatic carbocycles. The van der Waals surface area contributed by atoms with Crippen LogP contribution in [0.25, 0.3) is 6.08 Å². The molecule has 3 aromatic rings. The summed E-state index contributed by atoms with van der Waals surface area (Å²) in [4.78, 5) is 27.2. The predicted octanol–water partition coefficient (Wildman–Crippen LogP) is 7.44. The van der Waals surface area contributed by atoms with E-state index >= 15 is 0 Å². The number of carbonyl (C=O) groups is 2. The summed E-state index contributed by atoms with van der Waals surface area (Å²) in [7, 11) is 0. The molecule has 0 spiro atoms. The summed E-state index contributed by atoms with van der Waals surface area (Å²) in [5.74, 6) is -0.612. The van der Waals surface area contributed by atoms with Crippen molar-refractivity contribution >= 4 is 87.3 Å². The first-order valence-corrected chi connectivity index (χ1v) is 12.8. The number of benzene rings is 3. The second kappa shape index (κ2) is 11.7. The molecule has 37 heavy (non-hydrogen) atoms. The quantitative estimate of drug-likeness (QED) is 0.134. The summed E-state index contributed by atoms with van der Waals surface area (Å²) >= 11 is 29.7. The van der Waals surface area contributed by atoms with Gasteiger partial charge in [0.25, 0.3) is 11.8 Å². The number of thiocarbonyl (C=S) groups is 1. The summed E-state index contributed by atoms with van der Waals surface area (Å²) < 4.78 is 6.00. The van der Waals surface area contributed by atoms with Crippen molar-refractivity contribution in [3.05, 3.63) is 110 Å². The first-order chi connectivity index (χ1) is 17.7. The van der Waals surface area contributed by atoms with Gasteiger partial charge in [-0.1, -0.05) is 70.7 Å². The van der Waals surface area contributed by atoms with E-state index in [0.29, 0.717) is 27.8 Å². The van der Waals surface area contributed by atoms with Crippen LogP contribution in [0.3, 0.4) is 0 Å². The second-order valence-electron chi connectivity index (χ2n) is 7.93. The number of anilines is 1. The number of rotatable bonds is 7. The fraction of sp³-hybridized carbons (Fsp3) is 0.0741. The van der Waals surface area contributed by atoms with E-state index in [1.165, 1.54) is 6.08 Å². The Morgan fingerprint density at radius 2 is 1.76 bits per heavy atom. The number of nitrogens with zero attached hydrogens (tertiary/aromatic N) is 1. The lowest BCUT2D eigenvalue weighted by atomic mass is 10.0. The number of halogens is 4. The van der Waals surface area contributed by atoms with Gasteiger partial charge in [-0.05, 0) is 77.8 Å². The third-order valence-electron chi connectivity index (χ3n) is 5.41. The standard InChI is InChI=1S/C27H18Cl4N2O3S/c1-2-4-17-11-15(8-10-23(17)36-14-16-7-9-19(28)21(30)13-16)12-18-25(34)32-27(37)33(26(18)35)22-6-3-5-20(29)24(22)31/h2-3,5-13H,1,4,14H2,(H,32,34,37)/b18-12+. The lowest BCUT2D eigenvalue weighted by molar-refractivity contribution is -0.122. The average Bonchev–Trinajstić information content (AvgIpc) is 2.86. The van der Waals surface area contributed by atoms with Crippen LogP contribution in [0.4, 0.5) is 5.69 Å². The zero-order valence-electron chi connectivity index (χ0n) is 19.1. The highest BCUT2D eigenvalue weighted by molar-refractivity contribution is 7.80. The minimum Gasteiger partial charge on any atom is -0.489 e. The van der Waals surface area contributed by atoms with Gasteiger partial charge in [0.15, 0.2) is 5.11 Å². The topological polar surface area (TPSA) is 58.6 Å². The fourth-order valence-corrected chi connectivity index (χ4v) is 4.62. The van der Waals surface area contributed by atoms with Crippen molar-refractivity contribution in [2.75, 3.05) is 4.90 Å². The second-order valence-corrected chi connectivity index (χ2v) is 9.91. The molecule has 1 N–H and O–H groups in total. The van der Waals surface area contributed by atoms with Gasteiger partial charge in [0, 0.05) is 0 Å². The van der Waals surface area contributed by atoms with E-state index in [0.717, 1.165) is 16.0 Å². The molecular formula is C27H18Cl4N2O3S. The van der Waals surface area contributed by atoms with Gasteiger partial charge >= 0.3 is 0 Å². The van der Waals surface area contributed by atoms with E-state index in [1.54, 1.807) is 48.5 Å². The molecule has 0 aromatic heterocycles. The molecule has 0 radical (unpaired) electrons. The third-order valence-corrected chi connectivity index (χ3v) is 7.24. The van der Waals surface area contributed by atoms with Crippen LogP contribution < -0.4 is 15.0 Å². The number of hydrogen-bond acceptors (Lipinski definition) is 4. The van der Waals surface area contributed by atoms with E-state index in [-0.39, 0.29) is 33.0 Å². The molecule has 5 nitrogen and oxygen atoms in total. The largest absolute Gasteiger partial charge is 0.489 e. The van der Waals surface area contributed by atoms with Crippen molar-refractivity contribution in [3.8, 4) is 5.75 Å². The van der Waals surface area contributed by atoms with Gasteiger partial charge in [-0.3, -0.25) is 19.8 Å². The Morgan fingerprint density at radius 1 is 0.973 bits per heavy atom. The summed E-state index contributed by atoms with van der Waals surface area (Å²) in [6.45, 7) is 4.08. The fourth-order valence-electron chi connectivity index (χ4n) is 3.64. The first kappa shape index (κ1) is 27.2. The highest BCUT2D eigenvalue weighted by Gasteiger charge is 2.35. The van der Waals surface area contributed by atoms with Gasteiger partial charge in [-0.25, -0.2) is 0 Å². The van der Waals surface area contributed by atoms with E-state index in [1.807, 2.05) is 12.1 Å². The number of nitrogens with one attached hydrogen (secondary N) is 1. The highest BCUT2D eigenvalue weighted by atomic mass is 35.5. The Morgan fingerprint density at radius 3 is 2.49 bits per heavy atom. The first-order valence-electron chi connectivity index (χ1n) is 10.9. The van der Waals surface area contributed by atoms with Crippen LogP contribution in [0.15, 0.2) is 72.8 Å². The molecule has 0 atom stereocenters. The number of hydrogen-bond donors (Lipinski definition) is 1. The maximum atomic E-state index is 13.3. The van der Waals surface area contributed by atoms with Gasteiger partial charge in [0.05, 0.1) is 25.8 Å². The molecule has 2 amide bonds. The minimum atomic E-state index is -0.622. The van der Waals surface area contributed by atoms with Gasteiger partial charge in [0.2, 0.25) is 0 Å². The number of allylic oxidation sites excluding steroid dienone is 1. The smallest absolute Gasteiger partial charge is 0.270 e. The van der Waals surface area contributed by atoms with Crippen LogP contribution in [0.1, 0.15) is 16.7 Å². The summed E-state index contributed by atoms with van der Waals surface area (Å²) in [5.41, 5.74) is 2.44. The Bertz CT molecular complexity index is 1470. The molecule has 0 saturated carbocycles. The minimum absolute atomic E-state index is 0.0882. The van der Waals surface area contributed by atoms with Gasteiger partial charge < -0.3 is 4.74 Å². The monoisotopic (exact) mass is 590 g/mol. The molecular weight excluding hydrogens is 574 g/mol. The van der Waals surface area contributed by atoms with Gasteiger partial charge in [0.1, 0.15) is 17.9 Å². The van der Waals surface area contributed by atoms with Crippen molar-refractivity contribution in [2.45, 2.75) is 13.0 Å². The van der Waals surface area contributed by atoms with Gasteiger partial charge in [-0.15, -0.1) is 6.58 Å². The average molecular weight is 592 g/mol. The molecule has 0 bridgehead atoms. The summed E-state index contributed by atoms with van der Waals surface area (Å²) in [5, 5.41) is 3.76. The van der Waals surface area contributed by atoms with Crippen molar-refractivity contribution in [1.29, 1.82) is 0 Å². The molecule has 1 aliphatic heterocycles. The molecule has 4 rings (SSSR count). The molecule has 1 aliphatic rings. The summed E-state index contributed by atoms with van der Waals surface area (Å²) in [6, 6.07) is 15.4. The van der Waals surface area contributed by atoms with E-state index in [4.69, 9.17) is 63.4 Å². The molecule has 1 fully saturated rings. The molecule has 10 heteroatoms. The zero-order valence-corrected chi connectivity index (χ0v) is 22.9. The van der Waals surface area contributed by atoms with Crippen molar-refractivity contribution in [3.63, 3.8) is 0 Å². The van der Waals surface area contributed by atoms with E-state index < -0.39 is 11.8 Å². The Hall–Kier alpha value is -2.87. The van der Waals surface area contributed by atoms with Crippen molar-refractivity contribution in [1.82, 2.24) is 5.32 Å². The Balaban J connectivity index is 1.63. The maximum absolute atomic E-state index is 13.3. The lowest BCUT2D eigenvalue weighted by Crippen LogP contribution is -2.54. The number of ether oxygens (including phenoxy) is 1. The highest BCUT2D eigenvalue weighted by Crippen LogP contribution is 2.34. The SMILES string of the molecule is C=CCc1cc(/C=C2\C(=O)NC(=S)N(c3cccc(Cl)c3Cl)C2=O)ccc1OCc1ccc(Cl)c(Cl)c1. The van der Waals surface area contributed by atoms with Crippen LogP contribution >= 0.6 is 58.6 Å². The summed E-state index contributed by atoms with van der Waals surface area (Å²) in [6.07, 6.45) is 3.72. The van der Waals surface area contributed by atoms with Crippen LogP contribution in [0.5, 0.6) is 5.75 Å². The van der Waals surface area contributed by atoms with E-state index in [2.05, 4.69) is 11.9 Å². The molecule has 1 saturated heterocycles. The zero-order chi connectivity index (χ0) is 26.7. The third kappa shape index (κ3) is 6.00. The van der Waals surface area contributed by atoms with E-state index in [9.17, 15) is 9.59 Å². The van der Waals surface area contributed by atoms with Crippen LogP contribution in [-0.4, -0.2) is 16.9 Å². The molecule has 1 heterocycles.